The zero-order chi connectivity index (χ0) is 16.2. The second kappa shape index (κ2) is 7.10. The van der Waals surface area contributed by atoms with Crippen LogP contribution >= 0.6 is 23.5 Å². The van der Waals surface area contributed by atoms with Crippen LogP contribution in [0.1, 0.15) is 10.1 Å². The average Bonchev–Trinajstić information content (AvgIpc) is 3.10. The number of nitro groups is 1. The van der Waals surface area contributed by atoms with Gasteiger partial charge in [0.2, 0.25) is 0 Å². The van der Waals surface area contributed by atoms with Crippen molar-refractivity contribution in [3.05, 3.63) is 52.2 Å². The highest BCUT2D eigenvalue weighted by atomic mass is 32.2. The van der Waals surface area contributed by atoms with Gasteiger partial charge >= 0.3 is 5.69 Å². The van der Waals surface area contributed by atoms with Crippen molar-refractivity contribution in [3.8, 4) is 17.4 Å². The first-order valence-electron chi connectivity index (χ1n) is 6.87. The molecule has 0 radical (unpaired) electrons. The lowest BCUT2D eigenvalue weighted by Crippen LogP contribution is -1.98. The van der Waals surface area contributed by atoms with Crippen molar-refractivity contribution in [1.82, 2.24) is 4.98 Å². The van der Waals surface area contributed by atoms with Gasteiger partial charge in [-0.25, -0.2) is 4.98 Å². The molecule has 0 atom stereocenters. The standard InChI is InChI=1S/C15H14N2O4S2/c1-20-13-9-10(15-22-7-8-23-15)4-5-12(13)21-14-11(17(18)19)3-2-6-16-14/h2-6,9,15H,7-8H2,1H3. The SMILES string of the molecule is COc1cc(C2SCCS2)ccc1Oc1ncccc1[N+](=O)[O-]. The molecule has 23 heavy (non-hydrogen) atoms. The Morgan fingerprint density at radius 3 is 2.74 bits per heavy atom. The Morgan fingerprint density at radius 1 is 1.26 bits per heavy atom. The number of methoxy groups -OCH3 is 1. The number of thioether (sulfide) groups is 2. The summed E-state index contributed by atoms with van der Waals surface area (Å²) in [5.74, 6) is 3.17. The van der Waals surface area contributed by atoms with Crippen molar-refractivity contribution >= 4 is 29.2 Å². The van der Waals surface area contributed by atoms with Gasteiger partial charge in [-0.15, -0.1) is 23.5 Å². The van der Waals surface area contributed by atoms with Crippen LogP contribution in [-0.4, -0.2) is 28.5 Å². The van der Waals surface area contributed by atoms with E-state index >= 15 is 0 Å². The molecule has 0 amide bonds. The Bertz CT molecular complexity index is 720. The van der Waals surface area contributed by atoms with Gasteiger partial charge < -0.3 is 9.47 Å². The molecule has 1 aromatic carbocycles. The van der Waals surface area contributed by atoms with Gasteiger partial charge in [-0.2, -0.15) is 0 Å². The third-order valence-electron chi connectivity index (χ3n) is 3.24. The second-order valence-electron chi connectivity index (χ2n) is 4.67. The van der Waals surface area contributed by atoms with Gasteiger partial charge in [0.1, 0.15) is 0 Å². The van der Waals surface area contributed by atoms with Crippen molar-refractivity contribution < 1.29 is 14.4 Å². The predicted octanol–water partition coefficient (Wildman–Crippen LogP) is 4.27. The van der Waals surface area contributed by atoms with Crippen LogP contribution in [0.2, 0.25) is 0 Å². The van der Waals surface area contributed by atoms with Crippen molar-refractivity contribution in [2.75, 3.05) is 18.6 Å². The van der Waals surface area contributed by atoms with Gasteiger partial charge in [0.25, 0.3) is 5.88 Å². The van der Waals surface area contributed by atoms with Crippen molar-refractivity contribution in [1.29, 1.82) is 0 Å². The molecule has 3 rings (SSSR count). The monoisotopic (exact) mass is 350 g/mol. The summed E-state index contributed by atoms with van der Waals surface area (Å²) in [6.07, 6.45) is 1.45. The summed E-state index contributed by atoms with van der Waals surface area (Å²) in [7, 11) is 1.55. The Balaban J connectivity index is 1.89. The van der Waals surface area contributed by atoms with Crippen LogP contribution in [-0.2, 0) is 0 Å². The molecule has 1 aromatic heterocycles. The van der Waals surface area contributed by atoms with Crippen LogP contribution in [0.5, 0.6) is 17.4 Å². The fraction of sp³-hybridized carbons (Fsp3) is 0.267. The number of nitrogens with zero attached hydrogens (tertiary/aromatic N) is 2. The summed E-state index contributed by atoms with van der Waals surface area (Å²) >= 11 is 3.79. The Morgan fingerprint density at radius 2 is 2.04 bits per heavy atom. The smallest absolute Gasteiger partial charge is 0.331 e. The minimum absolute atomic E-state index is 0.0480. The highest BCUT2D eigenvalue weighted by Crippen LogP contribution is 2.47. The zero-order valence-electron chi connectivity index (χ0n) is 12.3. The minimum Gasteiger partial charge on any atom is -0.493 e. The fourth-order valence-electron chi connectivity index (χ4n) is 2.17. The quantitative estimate of drug-likeness (QED) is 0.589. The molecule has 0 saturated carbocycles. The van der Waals surface area contributed by atoms with E-state index in [4.69, 9.17) is 9.47 Å². The molecule has 2 aromatic rings. The van der Waals surface area contributed by atoms with E-state index in [1.54, 1.807) is 13.2 Å². The fourth-order valence-corrected chi connectivity index (χ4v) is 5.01. The molecule has 1 saturated heterocycles. The van der Waals surface area contributed by atoms with E-state index in [1.165, 1.54) is 18.3 Å². The largest absolute Gasteiger partial charge is 0.493 e. The molecule has 8 heteroatoms. The number of hydrogen-bond donors (Lipinski definition) is 0. The van der Waals surface area contributed by atoms with Crippen LogP contribution in [0.25, 0.3) is 0 Å². The normalized spacial score (nSPS) is 14.7. The second-order valence-corrected chi connectivity index (χ2v) is 7.40. The third-order valence-corrected chi connectivity index (χ3v) is 6.34. The van der Waals surface area contributed by atoms with E-state index in [2.05, 4.69) is 4.98 Å². The predicted molar refractivity (Wildman–Crippen MR) is 91.6 cm³/mol. The number of benzene rings is 1. The molecule has 120 valence electrons. The zero-order valence-corrected chi connectivity index (χ0v) is 13.9. The Kier molecular flexibility index (Phi) is 4.92. The molecule has 0 aliphatic carbocycles. The summed E-state index contributed by atoms with van der Waals surface area (Å²) in [6.45, 7) is 0. The van der Waals surface area contributed by atoms with Crippen LogP contribution < -0.4 is 9.47 Å². The Labute approximate surface area is 141 Å². The van der Waals surface area contributed by atoms with Crippen molar-refractivity contribution in [3.63, 3.8) is 0 Å². The third kappa shape index (κ3) is 3.53. The van der Waals surface area contributed by atoms with E-state index < -0.39 is 4.92 Å². The maximum Gasteiger partial charge on any atom is 0.331 e. The first-order valence-corrected chi connectivity index (χ1v) is 8.97. The molecule has 1 aliphatic heterocycles. The lowest BCUT2D eigenvalue weighted by molar-refractivity contribution is -0.386. The topological polar surface area (TPSA) is 74.5 Å². The lowest BCUT2D eigenvalue weighted by Gasteiger charge is -2.13. The Hall–Kier alpha value is -1.93. The summed E-state index contributed by atoms with van der Waals surface area (Å²) in [6, 6.07) is 8.50. The van der Waals surface area contributed by atoms with Gasteiger partial charge in [0.05, 0.1) is 16.6 Å². The van der Waals surface area contributed by atoms with Gasteiger partial charge in [-0.3, -0.25) is 10.1 Å². The van der Waals surface area contributed by atoms with Crippen LogP contribution in [0, 0.1) is 10.1 Å². The average molecular weight is 350 g/mol. The summed E-state index contributed by atoms with van der Waals surface area (Å²) in [5, 5.41) is 11.0. The highest BCUT2D eigenvalue weighted by Gasteiger charge is 2.22. The first-order chi connectivity index (χ1) is 11.2. The molecular formula is C15H14N2O4S2. The molecule has 1 aliphatic rings. The number of ether oxygens (including phenoxy) is 2. The highest BCUT2D eigenvalue weighted by molar-refractivity contribution is 8.19. The van der Waals surface area contributed by atoms with E-state index in [0.29, 0.717) is 16.1 Å². The maximum atomic E-state index is 11.0. The van der Waals surface area contributed by atoms with E-state index in [0.717, 1.165) is 17.1 Å². The number of pyridine rings is 1. The van der Waals surface area contributed by atoms with Gasteiger partial charge in [0, 0.05) is 23.8 Å². The van der Waals surface area contributed by atoms with Gasteiger partial charge in [-0.05, 0) is 23.8 Å². The molecule has 2 heterocycles. The number of hydrogen-bond acceptors (Lipinski definition) is 7. The van der Waals surface area contributed by atoms with Gasteiger partial charge in [-0.1, -0.05) is 6.07 Å². The van der Waals surface area contributed by atoms with E-state index in [-0.39, 0.29) is 11.6 Å². The van der Waals surface area contributed by atoms with Crippen molar-refractivity contribution in [2.45, 2.75) is 4.58 Å². The summed E-state index contributed by atoms with van der Waals surface area (Å²) < 4.78 is 11.4. The molecule has 1 fully saturated rings. The molecule has 0 N–H and O–H groups in total. The van der Waals surface area contributed by atoms with Crippen LogP contribution in [0.4, 0.5) is 5.69 Å². The summed E-state index contributed by atoms with van der Waals surface area (Å²) in [5.41, 5.74) is 0.970. The number of aromatic nitrogens is 1. The lowest BCUT2D eigenvalue weighted by atomic mass is 10.2. The van der Waals surface area contributed by atoms with E-state index in [1.807, 2.05) is 35.7 Å². The van der Waals surface area contributed by atoms with Crippen molar-refractivity contribution in [2.24, 2.45) is 0 Å². The van der Waals surface area contributed by atoms with E-state index in [9.17, 15) is 10.1 Å². The van der Waals surface area contributed by atoms with Crippen LogP contribution in [0.3, 0.4) is 0 Å². The minimum atomic E-state index is -0.519. The summed E-state index contributed by atoms with van der Waals surface area (Å²) in [4.78, 5) is 14.5. The number of rotatable bonds is 5. The van der Waals surface area contributed by atoms with Crippen LogP contribution in [0.15, 0.2) is 36.5 Å². The van der Waals surface area contributed by atoms with Gasteiger partial charge in [0.15, 0.2) is 11.5 Å². The molecule has 0 spiro atoms. The molecule has 0 unspecified atom stereocenters. The molecule has 6 nitrogen and oxygen atoms in total. The molecule has 0 bridgehead atoms. The first kappa shape index (κ1) is 15.9. The maximum absolute atomic E-state index is 11.0. The molecular weight excluding hydrogens is 336 g/mol.